The van der Waals surface area contributed by atoms with E-state index in [1.165, 1.54) is 17.5 Å². The van der Waals surface area contributed by atoms with Gasteiger partial charge in [-0.05, 0) is 73.4 Å². The molecule has 1 unspecified atom stereocenters. The summed E-state index contributed by atoms with van der Waals surface area (Å²) in [6.45, 7) is 6.21. The summed E-state index contributed by atoms with van der Waals surface area (Å²) in [4.78, 5) is 0. The lowest BCUT2D eigenvalue weighted by Gasteiger charge is -2.32. The van der Waals surface area contributed by atoms with E-state index < -0.39 is 0 Å². The molecule has 1 fully saturated rings. The molecule has 2 aromatic rings. The Bertz CT molecular complexity index is 651. The smallest absolute Gasteiger partial charge is 0.118 e. The zero-order chi connectivity index (χ0) is 15.9. The molecule has 1 saturated carbocycles. The van der Waals surface area contributed by atoms with Crippen molar-refractivity contribution < 1.29 is 10.2 Å². The predicted molar refractivity (Wildman–Crippen MR) is 89.5 cm³/mol. The van der Waals surface area contributed by atoms with Crippen molar-refractivity contribution >= 4 is 0 Å². The standard InChI is InChI=1S/C20H24O2/c1-13-8-9-20(12-13,16-4-6-18(21)14(2)10-16)17-5-7-19(22)15(3)11-17/h4-7,10-11,13,21-22H,8-9,12H2,1-3H3. The van der Waals surface area contributed by atoms with Gasteiger partial charge in [0, 0.05) is 5.41 Å². The Balaban J connectivity index is 2.16. The van der Waals surface area contributed by atoms with Gasteiger partial charge in [0.25, 0.3) is 0 Å². The first kappa shape index (κ1) is 15.0. The summed E-state index contributed by atoms with van der Waals surface area (Å²) in [5.74, 6) is 1.39. The average molecular weight is 296 g/mol. The van der Waals surface area contributed by atoms with E-state index >= 15 is 0 Å². The van der Waals surface area contributed by atoms with Gasteiger partial charge in [0.05, 0.1) is 0 Å². The number of phenols is 2. The first-order valence-electron chi connectivity index (χ1n) is 8.02. The van der Waals surface area contributed by atoms with E-state index in [0.29, 0.717) is 17.4 Å². The lowest BCUT2D eigenvalue weighted by Crippen LogP contribution is -2.24. The summed E-state index contributed by atoms with van der Waals surface area (Å²) in [5, 5.41) is 19.7. The number of phenolic OH excluding ortho intramolecular Hbond substituents is 2. The number of aryl methyl sites for hydroxylation is 2. The zero-order valence-corrected chi connectivity index (χ0v) is 13.6. The van der Waals surface area contributed by atoms with Crippen LogP contribution in [0.5, 0.6) is 11.5 Å². The fourth-order valence-electron chi connectivity index (χ4n) is 3.89. The largest absolute Gasteiger partial charge is 0.508 e. The number of aromatic hydroxyl groups is 2. The molecule has 2 aromatic carbocycles. The molecule has 2 heteroatoms. The summed E-state index contributed by atoms with van der Waals surface area (Å²) in [6, 6.07) is 12.0. The molecule has 0 aromatic heterocycles. The van der Waals surface area contributed by atoms with Crippen LogP contribution in [0.4, 0.5) is 0 Å². The van der Waals surface area contributed by atoms with Gasteiger partial charge in [-0.2, -0.15) is 0 Å². The molecular weight excluding hydrogens is 272 g/mol. The molecule has 0 amide bonds. The van der Waals surface area contributed by atoms with Gasteiger partial charge < -0.3 is 10.2 Å². The Morgan fingerprint density at radius 3 is 1.77 bits per heavy atom. The van der Waals surface area contributed by atoms with Gasteiger partial charge in [-0.3, -0.25) is 0 Å². The van der Waals surface area contributed by atoms with Crippen molar-refractivity contribution in [1.29, 1.82) is 0 Å². The lowest BCUT2D eigenvalue weighted by molar-refractivity contribution is 0.464. The Morgan fingerprint density at radius 2 is 1.41 bits per heavy atom. The van der Waals surface area contributed by atoms with Crippen LogP contribution in [0, 0.1) is 19.8 Å². The van der Waals surface area contributed by atoms with Gasteiger partial charge in [0.2, 0.25) is 0 Å². The van der Waals surface area contributed by atoms with Crippen molar-refractivity contribution in [1.82, 2.24) is 0 Å². The van der Waals surface area contributed by atoms with Crippen LogP contribution in [-0.4, -0.2) is 10.2 Å². The van der Waals surface area contributed by atoms with Gasteiger partial charge in [-0.1, -0.05) is 31.2 Å². The Hall–Kier alpha value is -1.96. The third-order valence-electron chi connectivity index (χ3n) is 5.26. The maximum atomic E-state index is 9.84. The summed E-state index contributed by atoms with van der Waals surface area (Å²) >= 11 is 0. The monoisotopic (exact) mass is 296 g/mol. The van der Waals surface area contributed by atoms with Crippen molar-refractivity contribution in [2.24, 2.45) is 5.92 Å². The van der Waals surface area contributed by atoms with E-state index in [1.54, 1.807) is 0 Å². The second-order valence-electron chi connectivity index (χ2n) is 6.93. The van der Waals surface area contributed by atoms with E-state index in [4.69, 9.17) is 0 Å². The number of hydrogen-bond donors (Lipinski definition) is 2. The second kappa shape index (κ2) is 5.35. The molecule has 3 rings (SSSR count). The highest BCUT2D eigenvalue weighted by molar-refractivity contribution is 5.48. The molecule has 0 spiro atoms. The maximum Gasteiger partial charge on any atom is 0.118 e. The van der Waals surface area contributed by atoms with E-state index in [-0.39, 0.29) is 5.41 Å². The molecule has 1 atom stereocenters. The fraction of sp³-hybridized carbons (Fsp3) is 0.400. The molecule has 1 aliphatic carbocycles. The van der Waals surface area contributed by atoms with Crippen LogP contribution in [0.3, 0.4) is 0 Å². The number of hydrogen-bond acceptors (Lipinski definition) is 2. The van der Waals surface area contributed by atoms with Crippen molar-refractivity contribution in [3.63, 3.8) is 0 Å². The zero-order valence-electron chi connectivity index (χ0n) is 13.6. The Kier molecular flexibility index (Phi) is 3.64. The van der Waals surface area contributed by atoms with E-state index in [9.17, 15) is 10.2 Å². The van der Waals surface area contributed by atoms with Gasteiger partial charge >= 0.3 is 0 Å². The van der Waals surface area contributed by atoms with E-state index in [1.807, 2.05) is 26.0 Å². The van der Waals surface area contributed by atoms with E-state index in [2.05, 4.69) is 31.2 Å². The van der Waals surface area contributed by atoms with Crippen molar-refractivity contribution in [3.8, 4) is 11.5 Å². The normalized spacial score (nSPS) is 20.2. The number of rotatable bonds is 2. The highest BCUT2D eigenvalue weighted by atomic mass is 16.3. The predicted octanol–water partition coefficient (Wildman–Crippen LogP) is 4.82. The minimum atomic E-state index is -0.00363. The Labute approximate surface area is 132 Å². The molecule has 2 N–H and O–H groups in total. The summed E-state index contributed by atoms with van der Waals surface area (Å²) in [7, 11) is 0. The first-order chi connectivity index (χ1) is 10.4. The minimum Gasteiger partial charge on any atom is -0.508 e. The highest BCUT2D eigenvalue weighted by Crippen LogP contribution is 2.49. The molecular formula is C20H24O2. The SMILES string of the molecule is Cc1cc(C2(c3ccc(O)c(C)c3)CCC(C)C2)ccc1O. The molecule has 116 valence electrons. The quantitative estimate of drug-likeness (QED) is 0.834. The third kappa shape index (κ3) is 2.37. The van der Waals surface area contributed by atoms with Crippen LogP contribution in [0.25, 0.3) is 0 Å². The molecule has 0 bridgehead atoms. The van der Waals surface area contributed by atoms with Crippen LogP contribution < -0.4 is 0 Å². The summed E-state index contributed by atoms with van der Waals surface area (Å²) < 4.78 is 0. The fourth-order valence-corrected chi connectivity index (χ4v) is 3.89. The summed E-state index contributed by atoms with van der Waals surface area (Å²) in [5.41, 5.74) is 4.39. The van der Waals surface area contributed by atoms with Crippen molar-refractivity contribution in [2.45, 2.75) is 45.4 Å². The van der Waals surface area contributed by atoms with Crippen LogP contribution in [-0.2, 0) is 5.41 Å². The van der Waals surface area contributed by atoms with Crippen LogP contribution in [0.2, 0.25) is 0 Å². The minimum absolute atomic E-state index is 0.00363. The topological polar surface area (TPSA) is 40.5 Å². The van der Waals surface area contributed by atoms with Gasteiger partial charge in [-0.15, -0.1) is 0 Å². The average Bonchev–Trinajstić information content (AvgIpc) is 2.88. The molecule has 0 aliphatic heterocycles. The van der Waals surface area contributed by atoms with E-state index in [0.717, 1.165) is 24.0 Å². The van der Waals surface area contributed by atoms with Gasteiger partial charge in [0.1, 0.15) is 11.5 Å². The van der Waals surface area contributed by atoms with Crippen molar-refractivity contribution in [2.75, 3.05) is 0 Å². The Morgan fingerprint density at radius 1 is 0.909 bits per heavy atom. The van der Waals surface area contributed by atoms with Crippen LogP contribution in [0.15, 0.2) is 36.4 Å². The first-order valence-corrected chi connectivity index (χ1v) is 8.02. The third-order valence-corrected chi connectivity index (χ3v) is 5.26. The molecule has 0 saturated heterocycles. The highest BCUT2D eigenvalue weighted by Gasteiger charge is 2.40. The molecule has 0 heterocycles. The van der Waals surface area contributed by atoms with Crippen molar-refractivity contribution in [3.05, 3.63) is 58.7 Å². The second-order valence-corrected chi connectivity index (χ2v) is 6.93. The lowest BCUT2D eigenvalue weighted by atomic mass is 9.72. The van der Waals surface area contributed by atoms with Crippen LogP contribution in [0.1, 0.15) is 48.4 Å². The maximum absolute atomic E-state index is 9.84. The molecule has 22 heavy (non-hydrogen) atoms. The molecule has 1 aliphatic rings. The van der Waals surface area contributed by atoms with Crippen LogP contribution >= 0.6 is 0 Å². The van der Waals surface area contributed by atoms with Gasteiger partial charge in [0.15, 0.2) is 0 Å². The molecule has 0 radical (unpaired) electrons. The van der Waals surface area contributed by atoms with Gasteiger partial charge in [-0.25, -0.2) is 0 Å². The molecule has 2 nitrogen and oxygen atoms in total. The number of benzene rings is 2. The summed E-state index contributed by atoms with van der Waals surface area (Å²) in [6.07, 6.45) is 3.43.